The molecule has 1 aromatic heterocycles. The molecule has 106 valence electrons. The van der Waals surface area contributed by atoms with Crippen molar-refractivity contribution in [2.75, 3.05) is 5.73 Å². The first-order valence-electron chi connectivity index (χ1n) is 6.62. The van der Waals surface area contributed by atoms with Crippen molar-refractivity contribution < 1.29 is 0 Å². The average Bonchev–Trinajstić information content (AvgIpc) is 2.99. The van der Waals surface area contributed by atoms with Crippen molar-refractivity contribution >= 4 is 21.6 Å². The van der Waals surface area contributed by atoms with E-state index in [1.807, 2.05) is 30.3 Å². The summed E-state index contributed by atoms with van der Waals surface area (Å²) in [4.78, 5) is 0. The Morgan fingerprint density at radius 3 is 2.81 bits per heavy atom. The largest absolute Gasteiger partial charge is 0.398 e. The number of nitrogens with zero attached hydrogens (tertiary/aromatic N) is 4. The van der Waals surface area contributed by atoms with E-state index in [0.29, 0.717) is 11.5 Å². The van der Waals surface area contributed by atoms with Crippen molar-refractivity contribution in [2.45, 2.75) is 13.3 Å². The van der Waals surface area contributed by atoms with E-state index in [2.05, 4.69) is 50.5 Å². The molecule has 0 amide bonds. The van der Waals surface area contributed by atoms with Crippen molar-refractivity contribution in [3.8, 4) is 17.1 Å². The van der Waals surface area contributed by atoms with Gasteiger partial charge in [-0.25, -0.2) is 0 Å². The van der Waals surface area contributed by atoms with E-state index >= 15 is 0 Å². The number of nitrogens with two attached hydrogens (primary N) is 1. The van der Waals surface area contributed by atoms with Crippen molar-refractivity contribution in [1.82, 2.24) is 20.2 Å². The Labute approximate surface area is 130 Å². The smallest absolute Gasteiger partial charge is 0.188 e. The van der Waals surface area contributed by atoms with Crippen molar-refractivity contribution in [3.63, 3.8) is 0 Å². The number of anilines is 1. The lowest BCUT2D eigenvalue weighted by Crippen LogP contribution is -2.01. The van der Waals surface area contributed by atoms with Gasteiger partial charge < -0.3 is 5.73 Å². The van der Waals surface area contributed by atoms with Gasteiger partial charge in [-0.2, -0.15) is 4.68 Å². The van der Waals surface area contributed by atoms with Gasteiger partial charge >= 0.3 is 0 Å². The Kier molecular flexibility index (Phi) is 3.70. The second-order valence-electron chi connectivity index (χ2n) is 4.65. The molecule has 0 unspecified atom stereocenters. The third-order valence-electron chi connectivity index (χ3n) is 3.30. The third kappa shape index (κ3) is 2.54. The standard InChI is InChI=1S/C15H14BrN5/c1-2-10-5-3-6-11(9-10)21-15(18-19-20-21)12-7-4-8-13(17)14(12)16/h3-9H,2,17H2,1H3. The Bertz CT molecular complexity index is 781. The number of aryl methyl sites for hydroxylation is 1. The number of rotatable bonds is 3. The van der Waals surface area contributed by atoms with Gasteiger partial charge in [0.15, 0.2) is 5.82 Å². The van der Waals surface area contributed by atoms with Gasteiger partial charge in [-0.3, -0.25) is 0 Å². The fourth-order valence-electron chi connectivity index (χ4n) is 2.16. The zero-order chi connectivity index (χ0) is 14.8. The van der Waals surface area contributed by atoms with Crippen LogP contribution in [0.15, 0.2) is 46.9 Å². The maximum absolute atomic E-state index is 5.94. The van der Waals surface area contributed by atoms with Crippen molar-refractivity contribution in [1.29, 1.82) is 0 Å². The fraction of sp³-hybridized carbons (Fsp3) is 0.133. The maximum Gasteiger partial charge on any atom is 0.188 e. The van der Waals surface area contributed by atoms with Crippen LogP contribution in [-0.4, -0.2) is 20.2 Å². The normalized spacial score (nSPS) is 10.8. The third-order valence-corrected chi connectivity index (χ3v) is 4.19. The van der Waals surface area contributed by atoms with E-state index < -0.39 is 0 Å². The van der Waals surface area contributed by atoms with Crippen molar-refractivity contribution in [3.05, 3.63) is 52.5 Å². The van der Waals surface area contributed by atoms with Crippen LogP contribution in [0.5, 0.6) is 0 Å². The van der Waals surface area contributed by atoms with Crippen LogP contribution in [0.3, 0.4) is 0 Å². The molecule has 0 aliphatic carbocycles. The Hall–Kier alpha value is -2.21. The molecule has 0 atom stereocenters. The average molecular weight is 344 g/mol. The lowest BCUT2D eigenvalue weighted by Gasteiger charge is -2.08. The number of benzene rings is 2. The molecule has 0 radical (unpaired) electrons. The van der Waals surface area contributed by atoms with Gasteiger partial charge in [0.05, 0.1) is 10.2 Å². The van der Waals surface area contributed by atoms with Crippen LogP contribution in [0.25, 0.3) is 17.1 Å². The highest BCUT2D eigenvalue weighted by atomic mass is 79.9. The molecule has 0 aliphatic rings. The first-order chi connectivity index (χ1) is 10.2. The minimum absolute atomic E-state index is 0.655. The molecule has 0 spiro atoms. The summed E-state index contributed by atoms with van der Waals surface area (Å²) in [6.07, 6.45) is 0.966. The summed E-state index contributed by atoms with van der Waals surface area (Å²) in [5, 5.41) is 12.0. The summed E-state index contributed by atoms with van der Waals surface area (Å²) in [7, 11) is 0. The van der Waals surface area contributed by atoms with Crippen LogP contribution < -0.4 is 5.73 Å². The van der Waals surface area contributed by atoms with Crippen LogP contribution in [0, 0.1) is 0 Å². The highest BCUT2D eigenvalue weighted by molar-refractivity contribution is 9.10. The molecule has 1 heterocycles. The molecule has 2 aromatic carbocycles. The van der Waals surface area contributed by atoms with E-state index in [1.54, 1.807) is 4.68 Å². The number of tetrazole rings is 1. The molecule has 3 rings (SSSR count). The fourth-order valence-corrected chi connectivity index (χ4v) is 2.60. The van der Waals surface area contributed by atoms with Crippen LogP contribution in [-0.2, 0) is 6.42 Å². The van der Waals surface area contributed by atoms with Gasteiger partial charge in [-0.1, -0.05) is 25.1 Å². The monoisotopic (exact) mass is 343 g/mol. The zero-order valence-corrected chi connectivity index (χ0v) is 13.1. The topological polar surface area (TPSA) is 69.6 Å². The zero-order valence-electron chi connectivity index (χ0n) is 11.5. The number of aromatic nitrogens is 4. The Balaban J connectivity index is 2.15. The van der Waals surface area contributed by atoms with Gasteiger partial charge in [0.2, 0.25) is 0 Å². The molecule has 0 fully saturated rings. The number of nitrogen functional groups attached to an aromatic ring is 1. The quantitative estimate of drug-likeness (QED) is 0.741. The van der Waals surface area contributed by atoms with E-state index in [0.717, 1.165) is 22.1 Å². The first kappa shape index (κ1) is 13.8. The Morgan fingerprint density at radius 2 is 2.00 bits per heavy atom. The lowest BCUT2D eigenvalue weighted by atomic mass is 10.1. The number of halogens is 1. The van der Waals surface area contributed by atoms with E-state index in [-0.39, 0.29) is 0 Å². The lowest BCUT2D eigenvalue weighted by molar-refractivity contribution is 0.790. The van der Waals surface area contributed by atoms with Crippen LogP contribution in [0.2, 0.25) is 0 Å². The van der Waals surface area contributed by atoms with Crippen LogP contribution in [0.1, 0.15) is 12.5 Å². The highest BCUT2D eigenvalue weighted by Crippen LogP contribution is 2.31. The molecule has 6 heteroatoms. The first-order valence-corrected chi connectivity index (χ1v) is 7.42. The predicted molar refractivity (Wildman–Crippen MR) is 86.1 cm³/mol. The van der Waals surface area contributed by atoms with Gasteiger partial charge in [-0.05, 0) is 62.6 Å². The summed E-state index contributed by atoms with van der Waals surface area (Å²) >= 11 is 3.50. The predicted octanol–water partition coefficient (Wildman–Crippen LogP) is 3.24. The van der Waals surface area contributed by atoms with E-state index in [4.69, 9.17) is 5.73 Å². The molecule has 0 saturated carbocycles. The molecule has 3 aromatic rings. The number of hydrogen-bond donors (Lipinski definition) is 1. The maximum atomic E-state index is 5.94. The second-order valence-corrected chi connectivity index (χ2v) is 5.44. The minimum atomic E-state index is 0.655. The molecule has 0 saturated heterocycles. The Morgan fingerprint density at radius 1 is 1.19 bits per heavy atom. The van der Waals surface area contributed by atoms with Crippen LogP contribution in [0.4, 0.5) is 5.69 Å². The SMILES string of the molecule is CCc1cccc(-n2nnnc2-c2cccc(N)c2Br)c1. The second kappa shape index (κ2) is 5.65. The van der Waals surface area contributed by atoms with E-state index in [1.165, 1.54) is 5.56 Å². The molecule has 0 aliphatic heterocycles. The number of hydrogen-bond acceptors (Lipinski definition) is 4. The summed E-state index contributed by atoms with van der Waals surface area (Å²) < 4.78 is 2.52. The van der Waals surface area contributed by atoms with Gasteiger partial charge in [0.25, 0.3) is 0 Å². The minimum Gasteiger partial charge on any atom is -0.398 e. The van der Waals surface area contributed by atoms with E-state index in [9.17, 15) is 0 Å². The summed E-state index contributed by atoms with van der Waals surface area (Å²) in [6, 6.07) is 13.8. The highest BCUT2D eigenvalue weighted by Gasteiger charge is 2.15. The molecule has 2 N–H and O–H groups in total. The van der Waals surface area contributed by atoms with Crippen molar-refractivity contribution in [2.24, 2.45) is 0 Å². The molecule has 21 heavy (non-hydrogen) atoms. The summed E-state index contributed by atoms with van der Waals surface area (Å²) in [5.74, 6) is 0.655. The van der Waals surface area contributed by atoms with Gasteiger partial charge in [0, 0.05) is 11.3 Å². The molecule has 5 nitrogen and oxygen atoms in total. The summed E-state index contributed by atoms with van der Waals surface area (Å²) in [5.41, 5.74) is 9.63. The van der Waals surface area contributed by atoms with Gasteiger partial charge in [0.1, 0.15) is 0 Å². The van der Waals surface area contributed by atoms with Gasteiger partial charge in [-0.15, -0.1) is 5.10 Å². The molecular weight excluding hydrogens is 330 g/mol. The molecular formula is C15H14BrN5. The summed E-state index contributed by atoms with van der Waals surface area (Å²) in [6.45, 7) is 2.12. The van der Waals surface area contributed by atoms with Crippen LogP contribution >= 0.6 is 15.9 Å². The molecule has 0 bridgehead atoms.